The van der Waals surface area contributed by atoms with Gasteiger partial charge < -0.3 is 32.3 Å². The quantitative estimate of drug-likeness (QED) is 0.0758. The molecule has 8 heterocycles. The molecule has 12 heteroatoms. The van der Waals surface area contributed by atoms with Gasteiger partial charge in [-0.2, -0.15) is 0 Å². The van der Waals surface area contributed by atoms with Crippen molar-refractivity contribution in [2.75, 3.05) is 4.90 Å². The topological polar surface area (TPSA) is 41.5 Å². The van der Waals surface area contributed by atoms with Crippen molar-refractivity contribution in [2.45, 2.75) is 128 Å². The van der Waals surface area contributed by atoms with E-state index in [0.29, 0.717) is 46.9 Å². The second kappa shape index (κ2) is 35.1. The van der Waals surface area contributed by atoms with Gasteiger partial charge >= 0.3 is 0 Å². The summed E-state index contributed by atoms with van der Waals surface area (Å²) in [6.07, 6.45) is 0. The van der Waals surface area contributed by atoms with Gasteiger partial charge in [0.15, 0.2) is 11.4 Å². The van der Waals surface area contributed by atoms with Crippen LogP contribution in [0.25, 0.3) is 175 Å². The number of hydrogen-bond donors (Lipinski definition) is 0. The van der Waals surface area contributed by atoms with Crippen molar-refractivity contribution in [3.05, 3.63) is 451 Å². The monoisotopic (exact) mass is 1900 g/mol. The maximum atomic E-state index is 8.15. The summed E-state index contributed by atoms with van der Waals surface area (Å²) >= 11 is 1.91. The van der Waals surface area contributed by atoms with Crippen LogP contribution in [0.5, 0.6) is 0 Å². The number of anilines is 3. The predicted octanol–water partition coefficient (Wildman–Crippen LogP) is 33.1. The van der Waals surface area contributed by atoms with E-state index in [2.05, 4.69) is 483 Å². The molecule has 25 aromatic rings. The first-order valence-electron chi connectivity index (χ1n) is 51.7. The van der Waals surface area contributed by atoms with Crippen LogP contribution in [-0.2, 0) is 0 Å². The lowest BCUT2D eigenvalue weighted by atomic mass is 9.33. The van der Waals surface area contributed by atoms with E-state index in [9.17, 15) is 0 Å². The minimum absolute atomic E-state index is 0.00789. The first-order valence-corrected chi connectivity index (χ1v) is 52.5. The van der Waals surface area contributed by atoms with Crippen molar-refractivity contribution >= 4 is 217 Å². The number of benzene rings is 19. The summed E-state index contributed by atoms with van der Waals surface area (Å²) in [6, 6.07) is 146. The maximum Gasteiger partial charge on any atom is 0.247 e. The molecule has 700 valence electrons. The Bertz CT molecular complexity index is 9750. The van der Waals surface area contributed by atoms with Gasteiger partial charge in [-0.25, -0.2) is 9.69 Å². The van der Waals surface area contributed by atoms with E-state index in [1.807, 2.05) is 48.2 Å². The second-order valence-electron chi connectivity index (χ2n) is 41.7. The number of hydrogen-bond acceptors (Lipinski definition) is 2. The Morgan fingerprint density at radius 2 is 0.493 bits per heavy atom. The molecule has 146 heavy (non-hydrogen) atoms. The zero-order valence-corrected chi connectivity index (χ0v) is 84.9. The van der Waals surface area contributed by atoms with Gasteiger partial charge in [0, 0.05) is 126 Å². The fourth-order valence-corrected chi connectivity index (χ4v) is 26.2. The Hall–Kier alpha value is -16.8. The minimum atomic E-state index is -0.00789. The normalized spacial score (nSPS) is 12.7. The third-order valence-corrected chi connectivity index (χ3v) is 32.6. The Morgan fingerprint density at radius 3 is 0.849 bits per heavy atom. The smallest absolute Gasteiger partial charge is 0.247 e. The molecule has 27 rings (SSSR count). The van der Waals surface area contributed by atoms with Crippen LogP contribution in [0.4, 0.5) is 28.4 Å². The molecular formula is C134H107B2N9S. The summed E-state index contributed by atoms with van der Waals surface area (Å²) in [4.78, 5) is 13.0. The van der Waals surface area contributed by atoms with E-state index in [1.165, 1.54) is 158 Å². The molecule has 0 radical (unpaired) electrons. The summed E-state index contributed by atoms with van der Waals surface area (Å²) in [5, 5.41) is 14.2. The standard InChI is InChI=1S/C70H56BN5.C64H51BN4S/c1-43(2)46-39-55(44(3)4)67(56(40-46)45(5)6)71-57-32-17-21-36-62(57)73(48-24-10-8-11-25-48)63-42-51(37-38-58(63)71)76-61-35-20-16-31-54(61)66-69-65(53-30-15-19-34-60(53)75(69)50-28-22-23-47(41-50)72-7)68-64(70(66)76)52-29-14-18-33-59(52)74(68)49-26-12-9-13-27-49;1-38(2)41-34-49(39(3)4)61(50(35-41)40(5)6)65-51-27-14-18-31-56(51)70-57-37-45(32-33-52(57)65)69-55-30-17-13-26-48(55)60-63-59(47-25-12-16-29-54(47)68(63)44-23-19-20-42(36-44)66-7)62-58(64(60)69)46-24-11-15-28-53(46)67(62)43-21-9-8-10-22-43/h8-45H,1-6H3;8-40H,1-6H3. The first kappa shape index (κ1) is 89.3. The molecule has 0 saturated carbocycles. The van der Waals surface area contributed by atoms with Gasteiger partial charge in [0.2, 0.25) is 13.4 Å². The van der Waals surface area contributed by atoms with Gasteiger partial charge in [-0.1, -0.05) is 378 Å². The number of para-hydroxylation sites is 10. The van der Waals surface area contributed by atoms with Crippen LogP contribution < -0.4 is 37.7 Å². The Labute approximate surface area is 856 Å². The Morgan fingerprint density at radius 1 is 0.219 bits per heavy atom. The van der Waals surface area contributed by atoms with Crippen molar-refractivity contribution in [2.24, 2.45) is 0 Å². The van der Waals surface area contributed by atoms with Crippen molar-refractivity contribution in [1.82, 2.24) is 27.4 Å². The molecule has 0 amide bonds. The lowest BCUT2D eigenvalue weighted by Gasteiger charge is -2.39. The highest BCUT2D eigenvalue weighted by atomic mass is 32.2. The number of aromatic nitrogens is 6. The summed E-state index contributed by atoms with van der Waals surface area (Å²) < 4.78 is 15.0. The van der Waals surface area contributed by atoms with Crippen LogP contribution >= 0.6 is 11.8 Å². The van der Waals surface area contributed by atoms with Crippen LogP contribution in [0.2, 0.25) is 0 Å². The molecular weight excluding hydrogens is 1790 g/mol. The molecule has 0 spiro atoms. The molecule has 19 aromatic carbocycles. The van der Waals surface area contributed by atoms with Crippen molar-refractivity contribution < 1.29 is 0 Å². The van der Waals surface area contributed by atoms with Crippen LogP contribution in [0.1, 0.15) is 152 Å². The van der Waals surface area contributed by atoms with Gasteiger partial charge in [0.05, 0.1) is 79.3 Å². The van der Waals surface area contributed by atoms with E-state index < -0.39 is 0 Å². The van der Waals surface area contributed by atoms with Gasteiger partial charge in [0.1, 0.15) is 0 Å². The zero-order valence-electron chi connectivity index (χ0n) is 84.1. The van der Waals surface area contributed by atoms with E-state index >= 15 is 0 Å². The molecule has 0 N–H and O–H groups in total. The van der Waals surface area contributed by atoms with Crippen molar-refractivity contribution in [3.8, 4) is 34.1 Å². The SMILES string of the molecule is [C-]#[N+]c1cccc(-n2c3ccccc3c3c4c(c5ccccc5n4-c4ccccc4)c4c(c5ccccc5n4-c4ccc5c(c4)N(c4ccccc4)c4ccccc4B5c4c(C(C)C)cc(C(C)C)cc4C(C)C)c32)c1.[C-]#[N+]c1cccc(-n2c3ccccc3c3c4c(c5ccccc5n4-c4ccccc4)c4c(c5ccccc5n4-c4ccc5c(c4)Sc4ccccc4B5c4c(C(C)C)cc(C(C)C)cc4C(C)C)c32)c1. The van der Waals surface area contributed by atoms with E-state index in [4.69, 9.17) is 13.1 Å². The van der Waals surface area contributed by atoms with E-state index in [-0.39, 0.29) is 13.4 Å². The van der Waals surface area contributed by atoms with Crippen LogP contribution in [0.15, 0.2) is 404 Å². The van der Waals surface area contributed by atoms with E-state index in [1.54, 1.807) is 0 Å². The lowest BCUT2D eigenvalue weighted by Crippen LogP contribution is -2.59. The molecule has 0 unspecified atom stereocenters. The average molecular weight is 1900 g/mol. The summed E-state index contributed by atoms with van der Waals surface area (Å²) in [6.45, 7) is 44.6. The largest absolute Gasteiger partial charge is 0.311 e. The van der Waals surface area contributed by atoms with Gasteiger partial charge in [-0.3, -0.25) is 0 Å². The van der Waals surface area contributed by atoms with Gasteiger partial charge in [-0.05, 0) is 213 Å². The Kier molecular flexibility index (Phi) is 21.5. The average Bonchev–Trinajstić information content (AvgIpc) is 1.50. The number of rotatable bonds is 15. The lowest BCUT2D eigenvalue weighted by molar-refractivity contribution is 0.812. The maximum absolute atomic E-state index is 8.15. The second-order valence-corrected chi connectivity index (χ2v) is 42.8. The fourth-order valence-electron chi connectivity index (χ4n) is 25.1. The molecule has 0 aliphatic carbocycles. The molecule has 6 aromatic heterocycles. The zero-order chi connectivity index (χ0) is 99.0. The molecule has 2 aliphatic heterocycles. The van der Waals surface area contributed by atoms with E-state index in [0.717, 1.165) is 100 Å². The summed E-state index contributed by atoms with van der Waals surface area (Å²) in [5.74, 6) is 2.23. The molecule has 0 saturated heterocycles. The fraction of sp³-hybridized carbons (Fsp3) is 0.134. The van der Waals surface area contributed by atoms with Crippen LogP contribution in [-0.4, -0.2) is 40.8 Å². The van der Waals surface area contributed by atoms with Crippen LogP contribution in [0.3, 0.4) is 0 Å². The molecule has 9 nitrogen and oxygen atoms in total. The van der Waals surface area contributed by atoms with Crippen molar-refractivity contribution in [1.29, 1.82) is 0 Å². The molecule has 2 aliphatic rings. The minimum Gasteiger partial charge on any atom is -0.311 e. The number of fused-ring (bicyclic) bond motifs is 28. The van der Waals surface area contributed by atoms with Gasteiger partial charge in [0.25, 0.3) is 0 Å². The van der Waals surface area contributed by atoms with Gasteiger partial charge in [-0.15, -0.1) is 0 Å². The molecule has 0 bridgehead atoms. The first-order chi connectivity index (χ1) is 71.4. The number of nitrogens with zero attached hydrogens (tertiary/aromatic N) is 9. The third kappa shape index (κ3) is 13.7. The molecule has 0 fully saturated rings. The highest BCUT2D eigenvalue weighted by molar-refractivity contribution is 8.00. The summed E-state index contributed by atoms with van der Waals surface area (Å²) in [5.41, 5.74) is 41.6. The molecule has 0 atom stereocenters. The van der Waals surface area contributed by atoms with Crippen LogP contribution in [0, 0.1) is 13.1 Å². The Balaban J connectivity index is 0.000000149. The highest BCUT2D eigenvalue weighted by Gasteiger charge is 2.42. The summed E-state index contributed by atoms with van der Waals surface area (Å²) in [7, 11) is 0. The van der Waals surface area contributed by atoms with Crippen molar-refractivity contribution in [3.63, 3.8) is 0 Å². The highest BCUT2D eigenvalue weighted by Crippen LogP contribution is 2.55. The predicted molar refractivity (Wildman–Crippen MR) is 623 cm³/mol. The third-order valence-electron chi connectivity index (χ3n) is 31.4.